The molecule has 1 fully saturated rings. The molecule has 1 aromatic carbocycles. The standard InChI is InChI=1S/C21H25FN4OS2/c1-3-12(2)24-9-7-18(27)26-21-19(14-6-8-23-11-17(14)29-21)20-25-15-10-13(22)4-5-16(15)28-20/h4-5,8,10-12,14,19,21,24H,3,6-7,9H2,1-2H3,(H,26,27). The van der Waals surface area contributed by atoms with E-state index in [0.717, 1.165) is 22.5 Å². The van der Waals surface area contributed by atoms with Gasteiger partial charge in [-0.2, -0.15) is 0 Å². The molecule has 0 saturated carbocycles. The van der Waals surface area contributed by atoms with Gasteiger partial charge in [0.1, 0.15) is 10.8 Å². The minimum absolute atomic E-state index is 0.0376. The zero-order chi connectivity index (χ0) is 20.4. The second kappa shape index (κ2) is 8.93. The molecule has 0 bridgehead atoms. The Kier molecular flexibility index (Phi) is 6.32. The van der Waals surface area contributed by atoms with Crippen molar-refractivity contribution in [3.8, 4) is 0 Å². The molecule has 0 aliphatic carbocycles. The number of aromatic nitrogens is 1. The summed E-state index contributed by atoms with van der Waals surface area (Å²) in [6.45, 7) is 4.91. The Morgan fingerprint density at radius 1 is 1.41 bits per heavy atom. The summed E-state index contributed by atoms with van der Waals surface area (Å²) in [5.41, 5.74) is 0.680. The van der Waals surface area contributed by atoms with Crippen molar-refractivity contribution in [2.24, 2.45) is 10.9 Å². The number of benzene rings is 1. The molecule has 5 nitrogen and oxygen atoms in total. The van der Waals surface area contributed by atoms with E-state index < -0.39 is 0 Å². The molecule has 29 heavy (non-hydrogen) atoms. The van der Waals surface area contributed by atoms with Crippen LogP contribution in [-0.2, 0) is 4.79 Å². The van der Waals surface area contributed by atoms with Gasteiger partial charge in [0.05, 0.1) is 15.6 Å². The Labute approximate surface area is 178 Å². The highest BCUT2D eigenvalue weighted by molar-refractivity contribution is 8.04. The van der Waals surface area contributed by atoms with E-state index in [-0.39, 0.29) is 28.9 Å². The van der Waals surface area contributed by atoms with E-state index in [0.29, 0.717) is 24.5 Å². The summed E-state index contributed by atoms with van der Waals surface area (Å²) in [5, 5.41) is 7.43. The maximum atomic E-state index is 13.6. The third-order valence-corrected chi connectivity index (χ3v) is 7.95. The van der Waals surface area contributed by atoms with Crippen molar-refractivity contribution in [3.05, 3.63) is 40.1 Å². The fourth-order valence-electron chi connectivity index (χ4n) is 3.67. The summed E-state index contributed by atoms with van der Waals surface area (Å²) in [6, 6.07) is 5.13. The number of hydrogen-bond acceptors (Lipinski definition) is 6. The van der Waals surface area contributed by atoms with E-state index in [1.807, 2.05) is 12.4 Å². The van der Waals surface area contributed by atoms with Gasteiger partial charge in [0.15, 0.2) is 0 Å². The number of rotatable bonds is 7. The first kappa shape index (κ1) is 20.5. The van der Waals surface area contributed by atoms with Gasteiger partial charge in [-0.3, -0.25) is 9.79 Å². The number of fused-ring (bicyclic) bond motifs is 2. The Morgan fingerprint density at radius 2 is 2.28 bits per heavy atom. The molecule has 4 rings (SSSR count). The maximum Gasteiger partial charge on any atom is 0.222 e. The molecular weight excluding hydrogens is 407 g/mol. The van der Waals surface area contributed by atoms with Crippen LogP contribution in [0.5, 0.6) is 0 Å². The lowest BCUT2D eigenvalue weighted by Crippen LogP contribution is -2.38. The molecule has 0 spiro atoms. The molecule has 2 aliphatic rings. The molecule has 8 heteroatoms. The smallest absolute Gasteiger partial charge is 0.222 e. The zero-order valence-electron chi connectivity index (χ0n) is 16.5. The first-order valence-corrected chi connectivity index (χ1v) is 11.7. The number of carbonyl (C=O) groups excluding carboxylic acids is 1. The molecule has 0 radical (unpaired) electrons. The van der Waals surface area contributed by atoms with Crippen LogP contribution >= 0.6 is 23.1 Å². The van der Waals surface area contributed by atoms with Crippen LogP contribution in [0.4, 0.5) is 4.39 Å². The molecule has 2 aromatic rings. The van der Waals surface area contributed by atoms with Gasteiger partial charge in [-0.25, -0.2) is 9.37 Å². The first-order chi connectivity index (χ1) is 14.0. The largest absolute Gasteiger partial charge is 0.343 e. The first-order valence-electron chi connectivity index (χ1n) is 10.0. The molecule has 1 amide bonds. The third-order valence-electron chi connectivity index (χ3n) is 5.47. The number of halogens is 1. The van der Waals surface area contributed by atoms with E-state index in [1.165, 1.54) is 17.0 Å². The van der Waals surface area contributed by atoms with Gasteiger partial charge in [-0.15, -0.1) is 23.1 Å². The number of amides is 1. The van der Waals surface area contributed by atoms with Crippen molar-refractivity contribution in [3.63, 3.8) is 0 Å². The predicted molar refractivity (Wildman–Crippen MR) is 119 cm³/mol. The number of aliphatic imine (C=N–C) groups is 1. The lowest BCUT2D eigenvalue weighted by atomic mass is 9.89. The van der Waals surface area contributed by atoms with Crippen LogP contribution in [0.1, 0.15) is 44.0 Å². The zero-order valence-corrected chi connectivity index (χ0v) is 18.2. The minimum atomic E-state index is -0.279. The second-order valence-electron chi connectivity index (χ2n) is 7.51. The van der Waals surface area contributed by atoms with Crippen molar-refractivity contribution in [1.29, 1.82) is 0 Å². The second-order valence-corrected chi connectivity index (χ2v) is 9.79. The van der Waals surface area contributed by atoms with Crippen molar-refractivity contribution in [2.45, 2.75) is 50.4 Å². The van der Waals surface area contributed by atoms with Crippen molar-refractivity contribution in [2.75, 3.05) is 6.54 Å². The average Bonchev–Trinajstić information content (AvgIpc) is 3.27. The molecule has 1 aromatic heterocycles. The molecule has 154 valence electrons. The van der Waals surface area contributed by atoms with E-state index in [9.17, 15) is 9.18 Å². The summed E-state index contributed by atoms with van der Waals surface area (Å²) < 4.78 is 14.6. The maximum absolute atomic E-state index is 13.6. The lowest BCUT2D eigenvalue weighted by Gasteiger charge is -2.22. The van der Waals surface area contributed by atoms with Crippen LogP contribution in [-0.4, -0.2) is 35.1 Å². The van der Waals surface area contributed by atoms with E-state index in [2.05, 4.69) is 29.5 Å². The van der Waals surface area contributed by atoms with Gasteiger partial charge in [-0.1, -0.05) is 6.92 Å². The van der Waals surface area contributed by atoms with Crippen LogP contribution in [0.3, 0.4) is 0 Å². The van der Waals surface area contributed by atoms with E-state index >= 15 is 0 Å². The Bertz CT molecular complexity index is 957. The quantitative estimate of drug-likeness (QED) is 0.680. The molecule has 2 N–H and O–H groups in total. The summed E-state index contributed by atoms with van der Waals surface area (Å²) in [4.78, 5) is 22.8. The number of nitrogens with one attached hydrogen (secondary N) is 2. The summed E-state index contributed by atoms with van der Waals surface area (Å²) in [6.07, 6.45) is 6.13. The van der Waals surface area contributed by atoms with Gasteiger partial charge in [0.25, 0.3) is 0 Å². The Morgan fingerprint density at radius 3 is 3.10 bits per heavy atom. The van der Waals surface area contributed by atoms with Crippen molar-refractivity contribution in [1.82, 2.24) is 15.6 Å². The number of hydrogen-bond donors (Lipinski definition) is 2. The number of carbonyl (C=O) groups is 1. The van der Waals surface area contributed by atoms with Crippen molar-refractivity contribution >= 4 is 45.4 Å². The van der Waals surface area contributed by atoms with Crippen molar-refractivity contribution < 1.29 is 9.18 Å². The van der Waals surface area contributed by atoms with Crippen LogP contribution in [0.2, 0.25) is 0 Å². The third kappa shape index (κ3) is 4.54. The summed E-state index contributed by atoms with van der Waals surface area (Å²) >= 11 is 3.26. The van der Waals surface area contributed by atoms with Crippen LogP contribution in [0.25, 0.3) is 10.2 Å². The molecule has 4 atom stereocenters. The fourth-order valence-corrected chi connectivity index (χ4v) is 6.40. The average molecular weight is 433 g/mol. The van der Waals surface area contributed by atoms with Gasteiger partial charge in [-0.05, 0) is 31.9 Å². The summed E-state index contributed by atoms with van der Waals surface area (Å²) in [7, 11) is 0. The number of thiazole rings is 1. The fraction of sp³-hybridized carbons (Fsp3) is 0.476. The monoisotopic (exact) mass is 432 g/mol. The Balaban J connectivity index is 1.52. The highest BCUT2D eigenvalue weighted by atomic mass is 32.2. The normalized spacial score (nSPS) is 24.4. The summed E-state index contributed by atoms with van der Waals surface area (Å²) in [5.74, 6) is 0.0752. The molecular formula is C21H25FN4OS2. The van der Waals surface area contributed by atoms with Crippen LogP contribution in [0.15, 0.2) is 34.3 Å². The molecule has 4 unspecified atom stereocenters. The topological polar surface area (TPSA) is 66.4 Å². The van der Waals surface area contributed by atoms with E-state index in [1.54, 1.807) is 29.2 Å². The number of thioether (sulfide) groups is 1. The molecule has 1 saturated heterocycles. The van der Waals surface area contributed by atoms with Crippen LogP contribution in [0, 0.1) is 11.7 Å². The van der Waals surface area contributed by atoms with Crippen LogP contribution < -0.4 is 10.6 Å². The van der Waals surface area contributed by atoms with Gasteiger partial charge in [0.2, 0.25) is 5.91 Å². The highest BCUT2D eigenvalue weighted by Crippen LogP contribution is 2.53. The van der Waals surface area contributed by atoms with E-state index in [4.69, 9.17) is 4.98 Å². The molecule has 3 heterocycles. The van der Waals surface area contributed by atoms with Gasteiger partial charge < -0.3 is 10.6 Å². The Hall–Kier alpha value is -1.77. The van der Waals surface area contributed by atoms with Gasteiger partial charge >= 0.3 is 0 Å². The lowest BCUT2D eigenvalue weighted by molar-refractivity contribution is -0.121. The predicted octanol–water partition coefficient (Wildman–Crippen LogP) is 4.42. The minimum Gasteiger partial charge on any atom is -0.343 e. The molecule has 2 aliphatic heterocycles. The SMILES string of the molecule is CCC(C)NCCC(=O)NC1SC2=CN=CCC2C1c1nc2cc(F)ccc2s1. The number of allylic oxidation sites excluding steroid dienone is 1. The van der Waals surface area contributed by atoms with Gasteiger partial charge in [0, 0.05) is 54.2 Å². The number of nitrogens with zero attached hydrogens (tertiary/aromatic N) is 2. The highest BCUT2D eigenvalue weighted by Gasteiger charge is 2.44.